The van der Waals surface area contributed by atoms with E-state index in [2.05, 4.69) is 6.92 Å². The summed E-state index contributed by atoms with van der Waals surface area (Å²) in [4.78, 5) is 34.2. The number of fused-ring (bicyclic) bond motifs is 1. The van der Waals surface area contributed by atoms with E-state index in [0.29, 0.717) is 35.6 Å². The maximum Gasteiger partial charge on any atom is 0.266 e. The normalized spacial score (nSPS) is 11.8. The molecule has 1 unspecified atom stereocenters. The molecule has 0 spiro atoms. The molecule has 4 aromatic rings. The number of ether oxygens (including phenoxy) is 2. The summed E-state index contributed by atoms with van der Waals surface area (Å²) in [6.45, 7) is 7.10. The molecule has 7 nitrogen and oxygen atoms in total. The number of amides is 1. The molecule has 7 heteroatoms. The van der Waals surface area contributed by atoms with Crippen molar-refractivity contribution in [3.63, 3.8) is 0 Å². The first kappa shape index (κ1) is 26.9. The van der Waals surface area contributed by atoms with Crippen molar-refractivity contribution in [2.45, 2.75) is 46.1 Å². The summed E-state index contributed by atoms with van der Waals surface area (Å²) < 4.78 is 12.5. The highest BCUT2D eigenvalue weighted by atomic mass is 16.5. The van der Waals surface area contributed by atoms with Gasteiger partial charge in [0.15, 0.2) is 0 Å². The molecule has 0 aliphatic heterocycles. The third kappa shape index (κ3) is 5.88. The minimum absolute atomic E-state index is 0.0169. The Labute approximate surface area is 223 Å². The second-order valence-electron chi connectivity index (χ2n) is 9.20. The zero-order chi connectivity index (χ0) is 27.1. The van der Waals surface area contributed by atoms with Crippen LogP contribution in [0.3, 0.4) is 0 Å². The molecule has 1 heterocycles. The molecule has 0 N–H and O–H groups in total. The highest BCUT2D eigenvalue weighted by Gasteiger charge is 2.26. The SMILES string of the molecule is CCCCN(C(=O)Cc1ccc(OC)cc1)C(C)c1nc2ccccc2c(=O)n1-c1ccc(OCC)cc1. The van der Waals surface area contributed by atoms with Crippen molar-refractivity contribution in [2.75, 3.05) is 20.3 Å². The summed E-state index contributed by atoms with van der Waals surface area (Å²) in [6.07, 6.45) is 2.04. The summed E-state index contributed by atoms with van der Waals surface area (Å²) in [5, 5.41) is 0.530. The molecule has 198 valence electrons. The van der Waals surface area contributed by atoms with E-state index in [4.69, 9.17) is 14.5 Å². The molecule has 0 radical (unpaired) electrons. The highest BCUT2D eigenvalue weighted by molar-refractivity contribution is 5.80. The number of aromatic nitrogens is 2. The number of carbonyl (C=O) groups excluding carboxylic acids is 1. The summed E-state index contributed by atoms with van der Waals surface area (Å²) in [7, 11) is 1.62. The van der Waals surface area contributed by atoms with Crippen LogP contribution in [0.4, 0.5) is 0 Å². The average Bonchev–Trinajstić information content (AvgIpc) is 2.94. The van der Waals surface area contributed by atoms with E-state index >= 15 is 0 Å². The fourth-order valence-corrected chi connectivity index (χ4v) is 4.56. The number of carbonyl (C=O) groups is 1. The molecule has 0 fully saturated rings. The maximum absolute atomic E-state index is 13.8. The van der Waals surface area contributed by atoms with Crippen LogP contribution in [0.25, 0.3) is 16.6 Å². The van der Waals surface area contributed by atoms with E-state index in [0.717, 1.165) is 29.9 Å². The molecule has 1 atom stereocenters. The predicted octanol–water partition coefficient (Wildman–Crippen LogP) is 5.73. The van der Waals surface area contributed by atoms with Crippen LogP contribution in [0.1, 0.15) is 51.0 Å². The fourth-order valence-electron chi connectivity index (χ4n) is 4.56. The van der Waals surface area contributed by atoms with Crippen molar-refractivity contribution in [1.82, 2.24) is 14.5 Å². The van der Waals surface area contributed by atoms with Crippen LogP contribution in [0.2, 0.25) is 0 Å². The lowest BCUT2D eigenvalue weighted by Crippen LogP contribution is -2.39. The second-order valence-corrected chi connectivity index (χ2v) is 9.20. The van der Waals surface area contributed by atoms with Crippen molar-refractivity contribution in [3.05, 3.63) is 94.5 Å². The molecule has 4 rings (SSSR count). The lowest BCUT2D eigenvalue weighted by molar-refractivity contribution is -0.132. The molecular formula is C31H35N3O4. The third-order valence-electron chi connectivity index (χ3n) is 6.64. The van der Waals surface area contributed by atoms with Crippen LogP contribution in [0.15, 0.2) is 77.6 Å². The average molecular weight is 514 g/mol. The van der Waals surface area contributed by atoms with Crippen LogP contribution in [0, 0.1) is 0 Å². The first-order valence-electron chi connectivity index (χ1n) is 13.1. The van der Waals surface area contributed by atoms with E-state index in [1.807, 2.05) is 85.5 Å². The Kier molecular flexibility index (Phi) is 8.79. The predicted molar refractivity (Wildman–Crippen MR) is 150 cm³/mol. The maximum atomic E-state index is 13.8. The number of hydrogen-bond acceptors (Lipinski definition) is 5. The van der Waals surface area contributed by atoms with Crippen molar-refractivity contribution in [2.24, 2.45) is 0 Å². The fraction of sp³-hybridized carbons (Fsp3) is 0.323. The Morgan fingerprint density at radius 2 is 1.66 bits per heavy atom. The Morgan fingerprint density at radius 1 is 0.974 bits per heavy atom. The van der Waals surface area contributed by atoms with Gasteiger partial charge in [-0.3, -0.25) is 14.2 Å². The minimum Gasteiger partial charge on any atom is -0.497 e. The van der Waals surface area contributed by atoms with Gasteiger partial charge < -0.3 is 14.4 Å². The Hall–Kier alpha value is -4.13. The topological polar surface area (TPSA) is 73.7 Å². The van der Waals surface area contributed by atoms with E-state index in [-0.39, 0.29) is 17.9 Å². The molecule has 0 bridgehead atoms. The summed E-state index contributed by atoms with van der Waals surface area (Å²) in [6, 6.07) is 21.8. The van der Waals surface area contributed by atoms with Gasteiger partial charge in [0.05, 0.1) is 42.8 Å². The number of hydrogen-bond donors (Lipinski definition) is 0. The third-order valence-corrected chi connectivity index (χ3v) is 6.64. The van der Waals surface area contributed by atoms with Crippen molar-refractivity contribution in [1.29, 1.82) is 0 Å². The van der Waals surface area contributed by atoms with Gasteiger partial charge in [-0.15, -0.1) is 0 Å². The first-order valence-corrected chi connectivity index (χ1v) is 13.1. The highest BCUT2D eigenvalue weighted by Crippen LogP contribution is 2.25. The monoisotopic (exact) mass is 513 g/mol. The van der Waals surface area contributed by atoms with E-state index in [1.165, 1.54) is 0 Å². The van der Waals surface area contributed by atoms with Crippen LogP contribution < -0.4 is 15.0 Å². The van der Waals surface area contributed by atoms with Crippen molar-refractivity contribution in [3.8, 4) is 17.2 Å². The van der Waals surface area contributed by atoms with Gasteiger partial charge in [0.2, 0.25) is 5.91 Å². The van der Waals surface area contributed by atoms with Crippen LogP contribution >= 0.6 is 0 Å². The molecule has 38 heavy (non-hydrogen) atoms. The van der Waals surface area contributed by atoms with Gasteiger partial charge >= 0.3 is 0 Å². The quantitative estimate of drug-likeness (QED) is 0.256. The lowest BCUT2D eigenvalue weighted by atomic mass is 10.1. The second kappa shape index (κ2) is 12.4. The van der Waals surface area contributed by atoms with Crippen LogP contribution in [-0.4, -0.2) is 40.6 Å². The number of benzene rings is 3. The molecule has 3 aromatic carbocycles. The molecule has 0 saturated carbocycles. The van der Waals surface area contributed by atoms with Gasteiger partial charge in [0, 0.05) is 6.54 Å². The molecule has 0 aliphatic carbocycles. The number of methoxy groups -OCH3 is 1. The summed E-state index contributed by atoms with van der Waals surface area (Å²) in [5.41, 5.74) is 2.02. The molecule has 0 saturated heterocycles. The zero-order valence-corrected chi connectivity index (χ0v) is 22.5. The number of nitrogens with zero attached hydrogens (tertiary/aromatic N) is 3. The van der Waals surface area contributed by atoms with E-state index < -0.39 is 6.04 Å². The van der Waals surface area contributed by atoms with Crippen molar-refractivity contribution >= 4 is 16.8 Å². The summed E-state index contributed by atoms with van der Waals surface area (Å²) in [5.74, 6) is 1.98. The largest absolute Gasteiger partial charge is 0.497 e. The van der Waals surface area contributed by atoms with E-state index in [1.54, 1.807) is 17.7 Å². The standard InChI is InChI=1S/C31H35N3O4/c1-5-7-20-33(29(35)21-23-12-16-25(37-4)17-13-23)22(3)30-32-28-11-9-8-10-27(28)31(36)34(30)24-14-18-26(19-15-24)38-6-2/h8-19,22H,5-7,20-21H2,1-4H3. The Bertz CT molecular complexity index is 1430. The lowest BCUT2D eigenvalue weighted by Gasteiger charge is -2.31. The molecule has 1 amide bonds. The molecule has 0 aliphatic rings. The molecule has 1 aromatic heterocycles. The van der Waals surface area contributed by atoms with Gasteiger partial charge in [-0.1, -0.05) is 37.6 Å². The van der Waals surface area contributed by atoms with Crippen LogP contribution in [0.5, 0.6) is 11.5 Å². The zero-order valence-electron chi connectivity index (χ0n) is 22.5. The van der Waals surface area contributed by atoms with Gasteiger partial charge in [-0.05, 0) is 74.4 Å². The number of unbranched alkanes of at least 4 members (excludes halogenated alkanes) is 1. The van der Waals surface area contributed by atoms with Crippen molar-refractivity contribution < 1.29 is 14.3 Å². The Morgan fingerprint density at radius 3 is 2.32 bits per heavy atom. The van der Waals surface area contributed by atoms with Crippen LogP contribution in [-0.2, 0) is 11.2 Å². The summed E-state index contributed by atoms with van der Waals surface area (Å²) >= 11 is 0. The van der Waals surface area contributed by atoms with Gasteiger partial charge in [0.1, 0.15) is 17.3 Å². The number of para-hydroxylation sites is 1. The minimum atomic E-state index is -0.434. The molecular weight excluding hydrogens is 478 g/mol. The van der Waals surface area contributed by atoms with Gasteiger partial charge in [0.25, 0.3) is 5.56 Å². The van der Waals surface area contributed by atoms with Gasteiger partial charge in [-0.25, -0.2) is 4.98 Å². The Balaban J connectivity index is 1.78. The van der Waals surface area contributed by atoms with Gasteiger partial charge in [-0.2, -0.15) is 0 Å². The smallest absolute Gasteiger partial charge is 0.266 e. The first-order chi connectivity index (χ1) is 18.5. The van der Waals surface area contributed by atoms with E-state index in [9.17, 15) is 9.59 Å². The number of rotatable bonds is 11.